The van der Waals surface area contributed by atoms with E-state index in [2.05, 4.69) is 92.7 Å². The Morgan fingerprint density at radius 2 is 1.77 bits per heavy atom. The molecule has 3 heterocycles. The van der Waals surface area contributed by atoms with Gasteiger partial charge in [0, 0.05) is 79.0 Å². The Kier molecular flexibility index (Phi) is 7.68. The Labute approximate surface area is 237 Å². The first-order valence-corrected chi connectivity index (χ1v) is 14.6. The summed E-state index contributed by atoms with van der Waals surface area (Å²) < 4.78 is 0. The zero-order valence-electron chi connectivity index (χ0n) is 23.6. The monoisotopic (exact) mass is 530 g/mol. The minimum absolute atomic E-state index is 0.530. The van der Waals surface area contributed by atoms with Crippen LogP contribution in [0.5, 0.6) is 0 Å². The number of hydrogen-bond acceptors (Lipinski definition) is 5. The van der Waals surface area contributed by atoms with Crippen LogP contribution in [0, 0.1) is 25.2 Å². The second kappa shape index (κ2) is 11.7. The summed E-state index contributed by atoms with van der Waals surface area (Å²) in [5.41, 5.74) is 8.84. The van der Waals surface area contributed by atoms with Gasteiger partial charge in [0.15, 0.2) is 0 Å². The summed E-state index contributed by atoms with van der Waals surface area (Å²) in [5, 5.41) is 14.6. The molecule has 1 saturated carbocycles. The Morgan fingerprint density at radius 3 is 2.52 bits per heavy atom. The molecule has 2 aromatic heterocycles. The lowest BCUT2D eigenvalue weighted by atomic mass is 10.0. The van der Waals surface area contributed by atoms with Crippen molar-refractivity contribution in [2.24, 2.45) is 0 Å². The molecule has 4 aromatic rings. The number of aryl methyl sites for hydroxylation is 2. The molecule has 0 amide bonds. The van der Waals surface area contributed by atoms with Crippen molar-refractivity contribution in [2.45, 2.75) is 52.1 Å². The molecule has 0 atom stereocenters. The highest BCUT2D eigenvalue weighted by Crippen LogP contribution is 2.32. The van der Waals surface area contributed by atoms with Crippen LogP contribution in [0.4, 0.5) is 11.4 Å². The number of rotatable bonds is 7. The average Bonchev–Trinajstić information content (AvgIpc) is 3.69. The Balaban J connectivity index is 1.16. The van der Waals surface area contributed by atoms with Gasteiger partial charge in [-0.15, -0.1) is 0 Å². The minimum Gasteiger partial charge on any atom is -0.361 e. The number of hydrogen-bond donors (Lipinski definition) is 2. The van der Waals surface area contributed by atoms with Gasteiger partial charge < -0.3 is 10.3 Å². The molecule has 0 unspecified atom stereocenters. The number of H-pyrrole nitrogens is 1. The van der Waals surface area contributed by atoms with Crippen LogP contribution >= 0.6 is 0 Å². The number of fused-ring (bicyclic) bond motifs is 1. The first kappa shape index (κ1) is 26.3. The van der Waals surface area contributed by atoms with Gasteiger partial charge in [-0.3, -0.25) is 14.8 Å². The maximum Gasteiger partial charge on any atom is 0.103 e. The summed E-state index contributed by atoms with van der Waals surface area (Å²) in [7, 11) is 0. The fourth-order valence-electron chi connectivity index (χ4n) is 6.33. The van der Waals surface area contributed by atoms with E-state index in [1.165, 1.54) is 49.7 Å². The number of anilines is 2. The normalized spacial score (nSPS) is 17.1. The molecule has 0 bridgehead atoms. The van der Waals surface area contributed by atoms with Gasteiger partial charge in [-0.25, -0.2) is 0 Å². The summed E-state index contributed by atoms with van der Waals surface area (Å²) in [4.78, 5) is 13.1. The Morgan fingerprint density at radius 1 is 1.00 bits per heavy atom. The second-order valence-electron chi connectivity index (χ2n) is 11.3. The maximum atomic E-state index is 9.87. The highest BCUT2D eigenvalue weighted by atomic mass is 15.3. The first-order valence-electron chi connectivity index (χ1n) is 14.6. The molecule has 204 valence electrons. The predicted octanol–water partition coefficient (Wildman–Crippen LogP) is 7.03. The second-order valence-corrected chi connectivity index (χ2v) is 11.3. The van der Waals surface area contributed by atoms with Gasteiger partial charge in [-0.1, -0.05) is 49.3 Å². The third-order valence-corrected chi connectivity index (χ3v) is 8.78. The molecule has 1 aliphatic heterocycles. The highest BCUT2D eigenvalue weighted by Gasteiger charge is 2.26. The molecule has 1 aliphatic carbocycles. The molecule has 2 fully saturated rings. The van der Waals surface area contributed by atoms with Crippen molar-refractivity contribution in [3.8, 4) is 6.07 Å². The number of nitrogens with one attached hydrogen (secondary N) is 2. The van der Waals surface area contributed by atoms with Crippen molar-refractivity contribution >= 4 is 34.4 Å². The molecule has 6 heteroatoms. The first-order chi connectivity index (χ1) is 19.6. The van der Waals surface area contributed by atoms with Crippen molar-refractivity contribution < 1.29 is 0 Å². The average molecular weight is 531 g/mol. The maximum absolute atomic E-state index is 9.87. The van der Waals surface area contributed by atoms with Crippen molar-refractivity contribution in [3.63, 3.8) is 0 Å². The zero-order valence-corrected chi connectivity index (χ0v) is 23.6. The van der Waals surface area contributed by atoms with Crippen LogP contribution in [0.3, 0.4) is 0 Å². The van der Waals surface area contributed by atoms with Crippen molar-refractivity contribution in [3.05, 3.63) is 88.4 Å². The van der Waals surface area contributed by atoms with E-state index in [4.69, 9.17) is 0 Å². The molecule has 0 spiro atoms. The number of piperazine rings is 1. The van der Waals surface area contributed by atoms with Gasteiger partial charge in [-0.2, -0.15) is 5.26 Å². The van der Waals surface area contributed by atoms with Gasteiger partial charge in [0.05, 0.1) is 11.3 Å². The molecule has 40 heavy (non-hydrogen) atoms. The number of aromatic nitrogens is 2. The molecule has 2 aliphatic rings. The summed E-state index contributed by atoms with van der Waals surface area (Å²) in [6.45, 7) is 9.83. The van der Waals surface area contributed by atoms with Gasteiger partial charge in [0.1, 0.15) is 6.07 Å². The number of nitrogens with zero attached hydrogens (tertiary/aromatic N) is 4. The van der Waals surface area contributed by atoms with Gasteiger partial charge in [0.2, 0.25) is 0 Å². The largest absolute Gasteiger partial charge is 0.361 e. The summed E-state index contributed by atoms with van der Waals surface area (Å²) in [5.74, 6) is 0. The van der Waals surface area contributed by atoms with Crippen LogP contribution in [0.1, 0.15) is 59.2 Å². The van der Waals surface area contributed by atoms with Crippen LogP contribution < -0.4 is 5.32 Å². The number of nitriles is 1. The number of pyridine rings is 1. The van der Waals surface area contributed by atoms with Crippen molar-refractivity contribution in [1.29, 1.82) is 5.26 Å². The summed E-state index contributed by atoms with van der Waals surface area (Å²) in [6.07, 6.45) is 13.4. The van der Waals surface area contributed by atoms with Crippen LogP contribution in [-0.4, -0.2) is 52.0 Å². The lowest BCUT2D eigenvalue weighted by molar-refractivity contribution is 0.0937. The highest BCUT2D eigenvalue weighted by molar-refractivity contribution is 5.90. The molecule has 0 radical (unpaired) electrons. The molecular formula is C34H38N6. The van der Waals surface area contributed by atoms with Gasteiger partial charge >= 0.3 is 0 Å². The lowest BCUT2D eigenvalue weighted by Crippen LogP contribution is -2.49. The molecule has 2 N–H and O–H groups in total. The van der Waals surface area contributed by atoms with Crippen LogP contribution in [0.25, 0.3) is 23.1 Å². The fraction of sp³-hybridized carbons (Fsp3) is 0.353. The molecule has 2 aromatic carbocycles. The molecule has 6 rings (SSSR count). The van der Waals surface area contributed by atoms with E-state index in [0.717, 1.165) is 65.0 Å². The molecule has 1 saturated heterocycles. The van der Waals surface area contributed by atoms with E-state index in [-0.39, 0.29) is 0 Å². The smallest absolute Gasteiger partial charge is 0.103 e. The minimum atomic E-state index is 0.530. The predicted molar refractivity (Wildman–Crippen MR) is 164 cm³/mol. The summed E-state index contributed by atoms with van der Waals surface area (Å²) in [6, 6.07) is 18.2. The number of benzene rings is 2. The van der Waals surface area contributed by atoms with E-state index in [1.54, 1.807) is 6.20 Å². The van der Waals surface area contributed by atoms with Crippen LogP contribution in [0.2, 0.25) is 0 Å². The Bertz CT molecular complexity index is 1540. The third-order valence-electron chi connectivity index (χ3n) is 8.78. The Hall–Kier alpha value is -3.92. The van der Waals surface area contributed by atoms with E-state index in [9.17, 15) is 5.26 Å². The van der Waals surface area contributed by atoms with Crippen molar-refractivity contribution in [1.82, 2.24) is 19.8 Å². The zero-order chi connectivity index (χ0) is 27.5. The van der Waals surface area contributed by atoms with E-state index >= 15 is 0 Å². The molecule has 6 nitrogen and oxygen atoms in total. The van der Waals surface area contributed by atoms with E-state index in [1.807, 2.05) is 13.1 Å². The van der Waals surface area contributed by atoms with Gasteiger partial charge in [-0.05, 0) is 61.6 Å². The lowest BCUT2D eigenvalue weighted by Gasteiger charge is -2.38. The van der Waals surface area contributed by atoms with Crippen LogP contribution in [0.15, 0.2) is 54.9 Å². The number of aromatic amines is 1. The van der Waals surface area contributed by atoms with E-state index < -0.39 is 0 Å². The summed E-state index contributed by atoms with van der Waals surface area (Å²) >= 11 is 0. The van der Waals surface area contributed by atoms with E-state index in [0.29, 0.717) is 5.56 Å². The quantitative estimate of drug-likeness (QED) is 0.269. The molecular weight excluding hydrogens is 492 g/mol. The standard InChI is InChI=1S/C34H38N6/c1-24-30-15-16-36-33(30)14-13-32(24)38-34-28(21-35)22-37-25(2)31(34)12-11-26-7-9-27(10-8-26)23-39-17-19-40(20-18-39)29-5-3-4-6-29/h7-16,22,29,36H,3-6,17-20,23H2,1-2H3,(H,37,38)/b12-11+. The SMILES string of the molecule is Cc1ncc(C#N)c(Nc2ccc3[nH]ccc3c2C)c1/C=C/c1ccc(CN2CCN(C3CCCC3)CC2)cc1. The fourth-order valence-corrected chi connectivity index (χ4v) is 6.33. The van der Waals surface area contributed by atoms with Gasteiger partial charge in [0.25, 0.3) is 0 Å². The van der Waals surface area contributed by atoms with Crippen molar-refractivity contribution in [2.75, 3.05) is 31.5 Å². The third kappa shape index (κ3) is 5.54. The topological polar surface area (TPSA) is 71.0 Å². The van der Waals surface area contributed by atoms with Crippen LogP contribution in [-0.2, 0) is 6.54 Å².